The van der Waals surface area contributed by atoms with Crippen LogP contribution in [-0.2, 0) is 14.3 Å². The van der Waals surface area contributed by atoms with Gasteiger partial charge in [0.15, 0.2) is 0 Å². The van der Waals surface area contributed by atoms with Crippen molar-refractivity contribution in [3.05, 3.63) is 0 Å². The van der Waals surface area contributed by atoms with E-state index in [1.807, 2.05) is 4.90 Å². The number of carbonyl (C=O) groups is 2. The van der Waals surface area contributed by atoms with Gasteiger partial charge in [0.25, 0.3) is 0 Å². The van der Waals surface area contributed by atoms with E-state index in [0.29, 0.717) is 12.5 Å². The Morgan fingerprint density at radius 3 is 2.44 bits per heavy atom. The van der Waals surface area contributed by atoms with Crippen LogP contribution >= 0.6 is 0 Å². The zero-order chi connectivity index (χ0) is 13.8. The predicted octanol–water partition coefficient (Wildman–Crippen LogP) is 2.22. The second kappa shape index (κ2) is 6.21. The minimum absolute atomic E-state index is 0.0785. The number of esters is 1. The zero-order valence-corrected chi connectivity index (χ0v) is 12.0. The van der Waals surface area contributed by atoms with Crippen molar-refractivity contribution in [3.63, 3.8) is 0 Å². The maximum atomic E-state index is 11.9. The van der Waals surface area contributed by atoms with Crippen molar-refractivity contribution in [1.82, 2.24) is 4.90 Å². The fourth-order valence-electron chi connectivity index (χ4n) is 2.29. The Bertz CT molecular complexity index is 307. The molecule has 1 heterocycles. The molecule has 1 saturated heterocycles. The molecule has 0 saturated carbocycles. The van der Waals surface area contributed by atoms with Gasteiger partial charge < -0.3 is 9.64 Å². The Morgan fingerprint density at radius 2 is 1.94 bits per heavy atom. The summed E-state index contributed by atoms with van der Waals surface area (Å²) < 4.78 is 4.82. The summed E-state index contributed by atoms with van der Waals surface area (Å²) in [6.45, 7) is 10.4. The molecule has 0 spiro atoms. The van der Waals surface area contributed by atoms with Crippen molar-refractivity contribution in [1.29, 1.82) is 0 Å². The standard InChI is InChI=1S/C14H25NO3/c1-5-18-13(17)7-6-12(16)15-9-8-11(10-15)14(2,3)4/h11H,5-10H2,1-4H3. The van der Waals surface area contributed by atoms with Crippen LogP contribution < -0.4 is 0 Å². The maximum absolute atomic E-state index is 11.9. The Labute approximate surface area is 110 Å². The summed E-state index contributed by atoms with van der Waals surface area (Å²) in [5.74, 6) is 0.358. The normalized spacial score (nSPS) is 20.0. The highest BCUT2D eigenvalue weighted by atomic mass is 16.5. The Balaban J connectivity index is 2.34. The second-order valence-electron chi connectivity index (χ2n) is 6.00. The summed E-state index contributed by atoms with van der Waals surface area (Å²) in [7, 11) is 0. The van der Waals surface area contributed by atoms with Crippen LogP contribution in [0.2, 0.25) is 0 Å². The van der Waals surface area contributed by atoms with Crippen LogP contribution in [0.25, 0.3) is 0 Å². The van der Waals surface area contributed by atoms with Crippen LogP contribution in [0.4, 0.5) is 0 Å². The number of amides is 1. The fourth-order valence-corrected chi connectivity index (χ4v) is 2.29. The minimum Gasteiger partial charge on any atom is -0.466 e. The van der Waals surface area contributed by atoms with Crippen molar-refractivity contribution >= 4 is 11.9 Å². The highest BCUT2D eigenvalue weighted by molar-refractivity contribution is 5.81. The van der Waals surface area contributed by atoms with Crippen LogP contribution in [0.15, 0.2) is 0 Å². The lowest BCUT2D eigenvalue weighted by molar-refractivity contribution is -0.145. The SMILES string of the molecule is CCOC(=O)CCC(=O)N1CCC(C(C)(C)C)C1. The molecule has 104 valence electrons. The van der Waals surface area contributed by atoms with Gasteiger partial charge in [-0.3, -0.25) is 9.59 Å². The van der Waals surface area contributed by atoms with E-state index in [-0.39, 0.29) is 30.1 Å². The predicted molar refractivity (Wildman–Crippen MR) is 70.0 cm³/mol. The molecule has 1 amide bonds. The van der Waals surface area contributed by atoms with Gasteiger partial charge in [0, 0.05) is 19.5 Å². The molecule has 1 atom stereocenters. The molecular weight excluding hydrogens is 230 g/mol. The van der Waals surface area contributed by atoms with Crippen molar-refractivity contribution in [2.24, 2.45) is 11.3 Å². The number of hydrogen-bond acceptors (Lipinski definition) is 3. The first-order valence-electron chi connectivity index (χ1n) is 6.78. The van der Waals surface area contributed by atoms with Gasteiger partial charge in [-0.1, -0.05) is 20.8 Å². The van der Waals surface area contributed by atoms with Crippen LogP contribution in [-0.4, -0.2) is 36.5 Å². The third kappa shape index (κ3) is 4.31. The second-order valence-corrected chi connectivity index (χ2v) is 6.00. The largest absolute Gasteiger partial charge is 0.466 e. The number of carbonyl (C=O) groups excluding carboxylic acids is 2. The summed E-state index contributed by atoms with van der Waals surface area (Å²) in [6, 6.07) is 0. The molecule has 1 aliphatic heterocycles. The van der Waals surface area contributed by atoms with Gasteiger partial charge in [-0.25, -0.2) is 0 Å². The monoisotopic (exact) mass is 255 g/mol. The number of nitrogens with zero attached hydrogens (tertiary/aromatic N) is 1. The van der Waals surface area contributed by atoms with Gasteiger partial charge >= 0.3 is 5.97 Å². The number of likely N-dealkylation sites (tertiary alicyclic amines) is 1. The average molecular weight is 255 g/mol. The molecule has 0 aromatic carbocycles. The lowest BCUT2D eigenvalue weighted by Gasteiger charge is -2.26. The van der Waals surface area contributed by atoms with E-state index in [2.05, 4.69) is 20.8 Å². The molecule has 0 N–H and O–H groups in total. The minimum atomic E-state index is -0.280. The van der Waals surface area contributed by atoms with Crippen LogP contribution in [0.1, 0.15) is 47.0 Å². The molecule has 0 bridgehead atoms. The van der Waals surface area contributed by atoms with E-state index in [9.17, 15) is 9.59 Å². The van der Waals surface area contributed by atoms with Gasteiger partial charge in [0.2, 0.25) is 5.91 Å². The van der Waals surface area contributed by atoms with Crippen molar-refractivity contribution in [2.75, 3.05) is 19.7 Å². The molecular formula is C14H25NO3. The Hall–Kier alpha value is -1.06. The Kier molecular flexibility index (Phi) is 5.17. The first-order valence-corrected chi connectivity index (χ1v) is 6.78. The third-order valence-electron chi connectivity index (χ3n) is 3.61. The van der Waals surface area contributed by atoms with Crippen LogP contribution in [0, 0.1) is 11.3 Å². The van der Waals surface area contributed by atoms with E-state index in [0.717, 1.165) is 19.5 Å². The summed E-state index contributed by atoms with van der Waals surface area (Å²) in [5.41, 5.74) is 0.246. The molecule has 1 unspecified atom stereocenters. The molecule has 1 fully saturated rings. The van der Waals surface area contributed by atoms with E-state index in [1.165, 1.54) is 0 Å². The zero-order valence-electron chi connectivity index (χ0n) is 12.0. The smallest absolute Gasteiger partial charge is 0.306 e. The molecule has 4 nitrogen and oxygen atoms in total. The number of rotatable bonds is 4. The highest BCUT2D eigenvalue weighted by Crippen LogP contribution is 2.33. The topological polar surface area (TPSA) is 46.6 Å². The maximum Gasteiger partial charge on any atom is 0.306 e. The van der Waals surface area contributed by atoms with E-state index >= 15 is 0 Å². The molecule has 4 heteroatoms. The van der Waals surface area contributed by atoms with Gasteiger partial charge in [0.1, 0.15) is 0 Å². The van der Waals surface area contributed by atoms with Crippen molar-refractivity contribution < 1.29 is 14.3 Å². The first-order chi connectivity index (χ1) is 8.34. The molecule has 18 heavy (non-hydrogen) atoms. The van der Waals surface area contributed by atoms with Gasteiger partial charge in [-0.15, -0.1) is 0 Å². The fraction of sp³-hybridized carbons (Fsp3) is 0.857. The van der Waals surface area contributed by atoms with Gasteiger partial charge in [-0.2, -0.15) is 0 Å². The van der Waals surface area contributed by atoms with Crippen molar-refractivity contribution in [3.8, 4) is 0 Å². The van der Waals surface area contributed by atoms with Gasteiger partial charge in [-0.05, 0) is 24.7 Å². The van der Waals surface area contributed by atoms with E-state index < -0.39 is 0 Å². The average Bonchev–Trinajstić information content (AvgIpc) is 2.75. The third-order valence-corrected chi connectivity index (χ3v) is 3.61. The summed E-state index contributed by atoms with van der Waals surface area (Å²) >= 11 is 0. The van der Waals surface area contributed by atoms with Gasteiger partial charge in [0.05, 0.1) is 13.0 Å². The summed E-state index contributed by atoms with van der Waals surface area (Å²) in [5, 5.41) is 0. The number of hydrogen-bond donors (Lipinski definition) is 0. The lowest BCUT2D eigenvalue weighted by atomic mass is 9.80. The first kappa shape index (κ1) is 15.0. The van der Waals surface area contributed by atoms with Crippen LogP contribution in [0.5, 0.6) is 0 Å². The lowest BCUT2D eigenvalue weighted by Crippen LogP contribution is -2.31. The molecule has 0 aliphatic carbocycles. The quantitative estimate of drug-likeness (QED) is 0.724. The molecule has 1 aliphatic rings. The Morgan fingerprint density at radius 1 is 1.28 bits per heavy atom. The summed E-state index contributed by atoms with van der Waals surface area (Å²) in [6.07, 6.45) is 1.54. The summed E-state index contributed by atoms with van der Waals surface area (Å²) in [4.78, 5) is 25.0. The molecule has 1 rings (SSSR count). The molecule has 0 radical (unpaired) electrons. The molecule has 0 aromatic heterocycles. The molecule has 0 aromatic rings. The van der Waals surface area contributed by atoms with E-state index in [4.69, 9.17) is 4.74 Å². The number of ether oxygens (including phenoxy) is 1. The highest BCUT2D eigenvalue weighted by Gasteiger charge is 2.33. The van der Waals surface area contributed by atoms with Crippen LogP contribution in [0.3, 0.4) is 0 Å². The van der Waals surface area contributed by atoms with E-state index in [1.54, 1.807) is 6.92 Å². The van der Waals surface area contributed by atoms with Crippen molar-refractivity contribution in [2.45, 2.75) is 47.0 Å².